The molecule has 0 saturated heterocycles. The average Bonchev–Trinajstić information content (AvgIpc) is 2.73. The maximum absolute atomic E-state index is 13.6. The molecule has 0 aliphatic rings. The van der Waals surface area contributed by atoms with Crippen LogP contribution in [0, 0.1) is 5.82 Å². The number of halogens is 5. The van der Waals surface area contributed by atoms with Crippen LogP contribution in [0.15, 0.2) is 54.6 Å². The molecular formula is C25H23ClF4O. The molecule has 3 aromatic carbocycles. The van der Waals surface area contributed by atoms with E-state index in [0.717, 1.165) is 39.9 Å². The molecule has 0 aliphatic carbocycles. The van der Waals surface area contributed by atoms with Crippen molar-refractivity contribution in [2.45, 2.75) is 44.8 Å². The molecule has 164 valence electrons. The van der Waals surface area contributed by atoms with Crippen molar-refractivity contribution in [1.29, 1.82) is 0 Å². The van der Waals surface area contributed by atoms with Gasteiger partial charge in [0.15, 0.2) is 0 Å². The number of hydrogen-bond acceptors (Lipinski definition) is 1. The maximum atomic E-state index is 13.6. The first-order valence-electron chi connectivity index (χ1n) is 9.92. The molecule has 0 unspecified atom stereocenters. The van der Waals surface area contributed by atoms with Crippen LogP contribution in [0.2, 0.25) is 0 Å². The van der Waals surface area contributed by atoms with E-state index in [4.69, 9.17) is 11.6 Å². The summed E-state index contributed by atoms with van der Waals surface area (Å²) >= 11 is 6.17. The Kier molecular flexibility index (Phi) is 7.07. The van der Waals surface area contributed by atoms with Crippen LogP contribution in [-0.2, 0) is 25.1 Å². The highest BCUT2D eigenvalue weighted by molar-refractivity contribution is 6.17. The molecule has 6 heteroatoms. The molecule has 0 aromatic heterocycles. The third-order valence-electron chi connectivity index (χ3n) is 5.39. The van der Waals surface area contributed by atoms with Crippen molar-refractivity contribution in [3.05, 3.63) is 93.8 Å². The van der Waals surface area contributed by atoms with Gasteiger partial charge in [0.25, 0.3) is 0 Å². The molecule has 0 aliphatic heterocycles. The Morgan fingerprint density at radius 1 is 0.935 bits per heavy atom. The molecule has 3 aromatic rings. The topological polar surface area (TPSA) is 20.2 Å². The number of aliphatic hydroxyl groups excluding tert-OH is 1. The Bertz CT molecular complexity index is 1040. The number of hydrogen-bond donors (Lipinski definition) is 1. The number of alkyl halides is 4. The molecule has 1 nitrogen and oxygen atoms in total. The van der Waals surface area contributed by atoms with Crippen LogP contribution in [0.3, 0.4) is 0 Å². The lowest BCUT2D eigenvalue weighted by molar-refractivity contribution is -0.137. The molecule has 0 spiro atoms. The van der Waals surface area contributed by atoms with Crippen molar-refractivity contribution in [2.75, 3.05) is 0 Å². The van der Waals surface area contributed by atoms with Crippen LogP contribution in [-0.4, -0.2) is 5.11 Å². The quantitative estimate of drug-likeness (QED) is 0.305. The SMILES string of the molecule is CC(C)c1cc(CCl)c(CO)c(-c2ccc(F)cc2)c1Cc1ccc(C(F)(F)F)cc1. The van der Waals surface area contributed by atoms with E-state index in [0.29, 0.717) is 17.5 Å². The van der Waals surface area contributed by atoms with Crippen molar-refractivity contribution in [1.82, 2.24) is 0 Å². The van der Waals surface area contributed by atoms with Crippen LogP contribution in [0.4, 0.5) is 17.6 Å². The second kappa shape index (κ2) is 9.41. The minimum Gasteiger partial charge on any atom is -0.392 e. The van der Waals surface area contributed by atoms with Gasteiger partial charge in [-0.15, -0.1) is 11.6 Å². The van der Waals surface area contributed by atoms with E-state index in [9.17, 15) is 22.7 Å². The monoisotopic (exact) mass is 450 g/mol. The van der Waals surface area contributed by atoms with Gasteiger partial charge in [-0.25, -0.2) is 4.39 Å². The van der Waals surface area contributed by atoms with E-state index in [1.807, 2.05) is 19.9 Å². The molecule has 0 amide bonds. The number of aliphatic hydroxyl groups is 1. The normalized spacial score (nSPS) is 11.9. The van der Waals surface area contributed by atoms with Gasteiger partial charge in [0.1, 0.15) is 5.82 Å². The Morgan fingerprint density at radius 3 is 2.03 bits per heavy atom. The molecular weight excluding hydrogens is 428 g/mol. The van der Waals surface area contributed by atoms with Crippen LogP contribution in [0.25, 0.3) is 11.1 Å². The van der Waals surface area contributed by atoms with E-state index >= 15 is 0 Å². The molecule has 0 bridgehead atoms. The fourth-order valence-corrected chi connectivity index (χ4v) is 4.07. The molecule has 0 saturated carbocycles. The molecule has 3 rings (SSSR count). The first kappa shape index (κ1) is 23.3. The summed E-state index contributed by atoms with van der Waals surface area (Å²) in [5.74, 6) is -0.0702. The summed E-state index contributed by atoms with van der Waals surface area (Å²) in [4.78, 5) is 0. The van der Waals surface area contributed by atoms with Crippen molar-refractivity contribution in [3.8, 4) is 11.1 Å². The van der Waals surface area contributed by atoms with E-state index < -0.39 is 11.7 Å². The third-order valence-corrected chi connectivity index (χ3v) is 5.68. The highest BCUT2D eigenvalue weighted by Crippen LogP contribution is 2.38. The van der Waals surface area contributed by atoms with Crippen LogP contribution in [0.5, 0.6) is 0 Å². The summed E-state index contributed by atoms with van der Waals surface area (Å²) in [6.45, 7) is 3.79. The van der Waals surface area contributed by atoms with Crippen molar-refractivity contribution < 1.29 is 22.7 Å². The second-order valence-corrected chi connectivity index (χ2v) is 8.05. The van der Waals surface area contributed by atoms with Gasteiger partial charge in [-0.1, -0.05) is 44.2 Å². The minimum atomic E-state index is -4.40. The second-order valence-electron chi connectivity index (χ2n) is 7.78. The van der Waals surface area contributed by atoms with Crippen molar-refractivity contribution in [3.63, 3.8) is 0 Å². The van der Waals surface area contributed by atoms with E-state index in [-0.39, 0.29) is 24.2 Å². The summed E-state index contributed by atoms with van der Waals surface area (Å²) < 4.78 is 52.4. The lowest BCUT2D eigenvalue weighted by atomic mass is 9.82. The Hall–Kier alpha value is -2.37. The van der Waals surface area contributed by atoms with Gasteiger partial charge in [0.05, 0.1) is 12.2 Å². The zero-order valence-electron chi connectivity index (χ0n) is 17.2. The Balaban J connectivity index is 2.22. The molecule has 0 radical (unpaired) electrons. The molecule has 0 fully saturated rings. The van der Waals surface area contributed by atoms with E-state index in [1.165, 1.54) is 24.3 Å². The minimum absolute atomic E-state index is 0.110. The predicted octanol–water partition coefficient (Wildman–Crippen LogP) is 7.46. The van der Waals surface area contributed by atoms with E-state index in [1.54, 1.807) is 12.1 Å². The third kappa shape index (κ3) is 5.10. The number of rotatable bonds is 6. The highest BCUT2D eigenvalue weighted by Gasteiger charge is 2.30. The van der Waals surface area contributed by atoms with Crippen LogP contribution in [0.1, 0.15) is 53.1 Å². The highest BCUT2D eigenvalue weighted by atomic mass is 35.5. The predicted molar refractivity (Wildman–Crippen MR) is 116 cm³/mol. The van der Waals surface area contributed by atoms with Crippen molar-refractivity contribution >= 4 is 11.6 Å². The summed E-state index contributed by atoms with van der Waals surface area (Å²) in [7, 11) is 0. The van der Waals surface area contributed by atoms with Gasteiger partial charge in [0.2, 0.25) is 0 Å². The first-order chi connectivity index (χ1) is 14.7. The van der Waals surface area contributed by atoms with E-state index in [2.05, 4.69) is 0 Å². The van der Waals surface area contributed by atoms with Gasteiger partial charge < -0.3 is 5.11 Å². The fourth-order valence-electron chi connectivity index (χ4n) is 3.84. The molecule has 0 heterocycles. The number of benzene rings is 3. The smallest absolute Gasteiger partial charge is 0.392 e. The Labute approximate surface area is 184 Å². The standard InChI is InChI=1S/C25H23ClF4O/c1-15(2)21-12-18(13-26)23(14-31)24(17-5-9-20(27)10-6-17)22(21)11-16-3-7-19(8-4-16)25(28,29)30/h3-10,12,15,31H,11,13-14H2,1-2H3. The largest absolute Gasteiger partial charge is 0.416 e. The average molecular weight is 451 g/mol. The van der Waals surface area contributed by atoms with Crippen molar-refractivity contribution in [2.24, 2.45) is 0 Å². The van der Waals surface area contributed by atoms with Gasteiger partial charge in [-0.2, -0.15) is 13.2 Å². The summed E-state index contributed by atoms with van der Waals surface area (Å²) in [6.07, 6.45) is -4.03. The zero-order valence-corrected chi connectivity index (χ0v) is 18.0. The molecule has 31 heavy (non-hydrogen) atoms. The zero-order chi connectivity index (χ0) is 22.8. The maximum Gasteiger partial charge on any atom is 0.416 e. The fraction of sp³-hybridized carbons (Fsp3) is 0.280. The first-order valence-corrected chi connectivity index (χ1v) is 10.5. The van der Waals surface area contributed by atoms with Crippen LogP contribution >= 0.6 is 11.6 Å². The summed E-state index contributed by atoms with van der Waals surface area (Å²) in [6, 6.07) is 13.0. The van der Waals surface area contributed by atoms with Crippen LogP contribution < -0.4 is 0 Å². The van der Waals surface area contributed by atoms with Gasteiger partial charge >= 0.3 is 6.18 Å². The molecule has 1 N–H and O–H groups in total. The molecule has 0 atom stereocenters. The lowest BCUT2D eigenvalue weighted by Gasteiger charge is -2.23. The summed E-state index contributed by atoms with van der Waals surface area (Å²) in [5, 5.41) is 10.1. The lowest BCUT2D eigenvalue weighted by Crippen LogP contribution is -2.08. The summed E-state index contributed by atoms with van der Waals surface area (Å²) in [5.41, 5.74) is 4.79. The van der Waals surface area contributed by atoms with Gasteiger partial charge in [0, 0.05) is 5.88 Å². The Morgan fingerprint density at radius 2 is 1.55 bits per heavy atom. The van der Waals surface area contributed by atoms with Gasteiger partial charge in [-0.05, 0) is 75.5 Å². The van der Waals surface area contributed by atoms with Gasteiger partial charge in [-0.3, -0.25) is 0 Å².